The number of rotatable bonds is 3. The molecule has 1 fully saturated rings. The molecule has 1 aliphatic heterocycles. The minimum absolute atomic E-state index is 0.211. The van der Waals surface area contributed by atoms with Gasteiger partial charge in [-0.2, -0.15) is 0 Å². The van der Waals surface area contributed by atoms with Gasteiger partial charge in [0.1, 0.15) is 0 Å². The molecular formula is C14H20N2O3. The number of hydrogen-bond donors (Lipinski definition) is 2. The monoisotopic (exact) mass is 264 g/mol. The van der Waals surface area contributed by atoms with Gasteiger partial charge in [-0.05, 0) is 44.9 Å². The Kier molecular flexibility index (Phi) is 4.17. The van der Waals surface area contributed by atoms with E-state index >= 15 is 0 Å². The minimum atomic E-state index is -0.954. The van der Waals surface area contributed by atoms with Crippen LogP contribution in [0.3, 0.4) is 0 Å². The van der Waals surface area contributed by atoms with Gasteiger partial charge >= 0.3 is 5.97 Å². The number of likely N-dealkylation sites (tertiary alicyclic amines) is 1. The molecule has 1 unspecified atom stereocenters. The Morgan fingerprint density at radius 1 is 1.42 bits per heavy atom. The van der Waals surface area contributed by atoms with Crippen LogP contribution in [-0.2, 0) is 6.54 Å². The van der Waals surface area contributed by atoms with E-state index in [4.69, 9.17) is 5.11 Å². The van der Waals surface area contributed by atoms with Crippen molar-refractivity contribution in [3.8, 4) is 0 Å². The topological polar surface area (TPSA) is 73.7 Å². The Bertz CT molecular complexity index is 443. The van der Waals surface area contributed by atoms with Crippen molar-refractivity contribution in [1.82, 2.24) is 9.88 Å². The molecule has 2 rings (SSSR count). The van der Waals surface area contributed by atoms with Crippen molar-refractivity contribution in [3.05, 3.63) is 29.6 Å². The molecule has 1 aromatic heterocycles. The summed E-state index contributed by atoms with van der Waals surface area (Å²) in [6, 6.07) is 3.34. The van der Waals surface area contributed by atoms with Crippen molar-refractivity contribution in [2.45, 2.75) is 38.3 Å². The van der Waals surface area contributed by atoms with Gasteiger partial charge in [-0.3, -0.25) is 9.88 Å². The van der Waals surface area contributed by atoms with Crippen molar-refractivity contribution in [1.29, 1.82) is 0 Å². The zero-order valence-electron chi connectivity index (χ0n) is 11.2. The van der Waals surface area contributed by atoms with Gasteiger partial charge in [-0.15, -0.1) is 0 Å². The number of carbonyl (C=O) groups is 1. The number of aromatic carboxylic acids is 1. The molecule has 19 heavy (non-hydrogen) atoms. The summed E-state index contributed by atoms with van der Waals surface area (Å²) in [4.78, 5) is 17.2. The molecule has 1 aliphatic rings. The maximum Gasteiger partial charge on any atom is 0.337 e. The predicted molar refractivity (Wildman–Crippen MR) is 70.9 cm³/mol. The van der Waals surface area contributed by atoms with E-state index < -0.39 is 11.6 Å². The van der Waals surface area contributed by atoms with Crippen LogP contribution < -0.4 is 0 Å². The third kappa shape index (κ3) is 4.01. The van der Waals surface area contributed by atoms with Crippen molar-refractivity contribution < 1.29 is 15.0 Å². The van der Waals surface area contributed by atoms with Gasteiger partial charge in [-0.1, -0.05) is 0 Å². The van der Waals surface area contributed by atoms with Gasteiger partial charge < -0.3 is 10.2 Å². The molecule has 1 aromatic rings. The summed E-state index contributed by atoms with van der Waals surface area (Å²) in [6.45, 7) is 4.38. The Hall–Kier alpha value is -1.46. The molecule has 0 amide bonds. The molecule has 0 spiro atoms. The maximum atomic E-state index is 10.7. The molecule has 1 atom stereocenters. The Morgan fingerprint density at radius 2 is 2.21 bits per heavy atom. The summed E-state index contributed by atoms with van der Waals surface area (Å²) in [5.41, 5.74) is 0.518. The molecule has 0 aromatic carbocycles. The van der Waals surface area contributed by atoms with Crippen LogP contribution in [0.5, 0.6) is 0 Å². The highest BCUT2D eigenvalue weighted by atomic mass is 16.4. The SMILES string of the molecule is CC1(O)CCCN(Cc2ccc(C(=O)O)cn2)CC1. The zero-order chi connectivity index (χ0) is 13.9. The van der Waals surface area contributed by atoms with Crippen LogP contribution in [0.25, 0.3) is 0 Å². The minimum Gasteiger partial charge on any atom is -0.478 e. The average Bonchev–Trinajstić information content (AvgIpc) is 2.52. The number of aliphatic hydroxyl groups is 1. The van der Waals surface area contributed by atoms with Crippen molar-refractivity contribution in [3.63, 3.8) is 0 Å². The molecule has 5 nitrogen and oxygen atoms in total. The van der Waals surface area contributed by atoms with E-state index in [1.807, 2.05) is 6.92 Å². The Balaban J connectivity index is 1.95. The quantitative estimate of drug-likeness (QED) is 0.865. The summed E-state index contributed by atoms with van der Waals surface area (Å²) in [5, 5.41) is 18.8. The average molecular weight is 264 g/mol. The maximum absolute atomic E-state index is 10.7. The van der Waals surface area contributed by atoms with Crippen LogP contribution >= 0.6 is 0 Å². The first kappa shape index (κ1) is 14.0. The second-order valence-corrected chi connectivity index (χ2v) is 5.47. The lowest BCUT2D eigenvalue weighted by Gasteiger charge is -2.22. The summed E-state index contributed by atoms with van der Waals surface area (Å²) in [7, 11) is 0. The lowest BCUT2D eigenvalue weighted by atomic mass is 9.98. The van der Waals surface area contributed by atoms with Crippen LogP contribution in [0.15, 0.2) is 18.3 Å². The van der Waals surface area contributed by atoms with Gasteiger partial charge in [-0.25, -0.2) is 4.79 Å². The van der Waals surface area contributed by atoms with Crippen molar-refractivity contribution in [2.24, 2.45) is 0 Å². The number of pyridine rings is 1. The molecule has 0 radical (unpaired) electrons. The molecule has 5 heteroatoms. The third-order valence-corrected chi connectivity index (χ3v) is 3.61. The van der Waals surface area contributed by atoms with Gasteiger partial charge in [0, 0.05) is 19.3 Å². The molecule has 0 bridgehead atoms. The second kappa shape index (κ2) is 5.67. The van der Waals surface area contributed by atoms with Gasteiger partial charge in [0.25, 0.3) is 0 Å². The van der Waals surface area contributed by atoms with E-state index in [1.165, 1.54) is 6.20 Å². The number of carboxylic acid groups (broad SMARTS) is 1. The van der Waals surface area contributed by atoms with Crippen LogP contribution in [0.4, 0.5) is 0 Å². The first-order valence-corrected chi connectivity index (χ1v) is 6.59. The predicted octanol–water partition coefficient (Wildman–Crippen LogP) is 1.52. The summed E-state index contributed by atoms with van der Waals surface area (Å²) in [5.74, 6) is -0.954. The summed E-state index contributed by atoms with van der Waals surface area (Å²) in [6.07, 6.45) is 3.96. The van der Waals surface area contributed by atoms with Gasteiger partial charge in [0.05, 0.1) is 16.9 Å². The van der Waals surface area contributed by atoms with Gasteiger partial charge in [0.15, 0.2) is 0 Å². The second-order valence-electron chi connectivity index (χ2n) is 5.47. The first-order chi connectivity index (χ1) is 8.96. The van der Waals surface area contributed by atoms with Gasteiger partial charge in [0.2, 0.25) is 0 Å². The van der Waals surface area contributed by atoms with Crippen LogP contribution in [0.1, 0.15) is 42.2 Å². The molecule has 104 valence electrons. The van der Waals surface area contributed by atoms with Crippen LogP contribution in [-0.4, -0.2) is 44.8 Å². The molecule has 1 saturated heterocycles. The van der Waals surface area contributed by atoms with Crippen LogP contribution in [0.2, 0.25) is 0 Å². The normalized spacial score (nSPS) is 24.9. The zero-order valence-corrected chi connectivity index (χ0v) is 11.2. The number of carboxylic acids is 1. The van der Waals surface area contributed by atoms with E-state index in [-0.39, 0.29) is 5.56 Å². The highest BCUT2D eigenvalue weighted by Gasteiger charge is 2.24. The fourth-order valence-corrected chi connectivity index (χ4v) is 2.35. The van der Waals surface area contributed by atoms with E-state index in [2.05, 4.69) is 9.88 Å². The molecule has 0 aliphatic carbocycles. The van der Waals surface area contributed by atoms with E-state index in [1.54, 1.807) is 12.1 Å². The number of hydrogen-bond acceptors (Lipinski definition) is 4. The smallest absolute Gasteiger partial charge is 0.337 e. The lowest BCUT2D eigenvalue weighted by Crippen LogP contribution is -2.28. The van der Waals surface area contributed by atoms with E-state index in [9.17, 15) is 9.90 Å². The standard InChI is InChI=1S/C14H20N2O3/c1-14(19)5-2-7-16(8-6-14)10-12-4-3-11(9-15-12)13(17)18/h3-4,9,19H,2,5-8,10H2,1H3,(H,17,18). The largest absolute Gasteiger partial charge is 0.478 e. The van der Waals surface area contributed by atoms with Crippen molar-refractivity contribution >= 4 is 5.97 Å². The third-order valence-electron chi connectivity index (χ3n) is 3.61. The van der Waals surface area contributed by atoms with E-state index in [0.717, 1.165) is 38.0 Å². The molecule has 2 heterocycles. The molecule has 0 saturated carbocycles. The van der Waals surface area contributed by atoms with Crippen LogP contribution in [0, 0.1) is 0 Å². The van der Waals surface area contributed by atoms with Crippen molar-refractivity contribution in [2.75, 3.05) is 13.1 Å². The number of nitrogens with zero attached hydrogens (tertiary/aromatic N) is 2. The molecular weight excluding hydrogens is 244 g/mol. The highest BCUT2D eigenvalue weighted by molar-refractivity contribution is 5.87. The summed E-state index contributed by atoms with van der Waals surface area (Å²) < 4.78 is 0. The Labute approximate surface area is 112 Å². The lowest BCUT2D eigenvalue weighted by molar-refractivity contribution is 0.0443. The fraction of sp³-hybridized carbons (Fsp3) is 0.571. The van der Waals surface area contributed by atoms with E-state index in [0.29, 0.717) is 6.54 Å². The fourth-order valence-electron chi connectivity index (χ4n) is 2.35. The highest BCUT2D eigenvalue weighted by Crippen LogP contribution is 2.22. The Morgan fingerprint density at radius 3 is 2.84 bits per heavy atom. The number of aromatic nitrogens is 1. The first-order valence-electron chi connectivity index (χ1n) is 6.59. The molecule has 2 N–H and O–H groups in total. The summed E-state index contributed by atoms with van der Waals surface area (Å²) >= 11 is 0.